The van der Waals surface area contributed by atoms with Gasteiger partial charge < -0.3 is 19.0 Å². The zero-order valence-corrected chi connectivity index (χ0v) is 11.9. The molecule has 1 heterocycles. The fraction of sp³-hybridized carbons (Fsp3) is 0.429. The van der Waals surface area contributed by atoms with E-state index < -0.39 is 11.6 Å². The maximum absolute atomic E-state index is 11.7. The van der Waals surface area contributed by atoms with Crippen molar-refractivity contribution in [1.82, 2.24) is 0 Å². The fourth-order valence-electron chi connectivity index (χ4n) is 2.04. The SMILES string of the molecule is COC(=O)C1(C)CC(c2ccc(OC)c(OC)c2)=NO1. The molecule has 0 aliphatic carbocycles. The summed E-state index contributed by atoms with van der Waals surface area (Å²) in [6, 6.07) is 5.42. The van der Waals surface area contributed by atoms with Crippen LogP contribution in [0.25, 0.3) is 0 Å². The number of oxime groups is 1. The van der Waals surface area contributed by atoms with E-state index in [0.29, 0.717) is 23.6 Å². The van der Waals surface area contributed by atoms with Crippen molar-refractivity contribution in [2.75, 3.05) is 21.3 Å². The third-order valence-corrected chi connectivity index (χ3v) is 3.20. The number of methoxy groups -OCH3 is 3. The summed E-state index contributed by atoms with van der Waals surface area (Å²) >= 11 is 0. The van der Waals surface area contributed by atoms with Crippen molar-refractivity contribution in [3.63, 3.8) is 0 Å². The van der Waals surface area contributed by atoms with E-state index in [0.717, 1.165) is 5.56 Å². The molecule has 0 amide bonds. The van der Waals surface area contributed by atoms with Crippen molar-refractivity contribution in [3.8, 4) is 11.5 Å². The molecule has 0 bridgehead atoms. The minimum absolute atomic E-state index is 0.342. The molecule has 6 nitrogen and oxygen atoms in total. The van der Waals surface area contributed by atoms with Gasteiger partial charge in [-0.2, -0.15) is 0 Å². The highest BCUT2D eigenvalue weighted by atomic mass is 16.7. The number of carbonyl (C=O) groups excluding carboxylic acids is 1. The van der Waals surface area contributed by atoms with E-state index in [1.807, 2.05) is 6.07 Å². The molecule has 0 aromatic heterocycles. The second-order valence-electron chi connectivity index (χ2n) is 4.60. The molecule has 1 unspecified atom stereocenters. The lowest BCUT2D eigenvalue weighted by molar-refractivity contribution is -0.164. The molecular formula is C14H17NO5. The minimum atomic E-state index is -1.07. The highest BCUT2D eigenvalue weighted by molar-refractivity contribution is 6.05. The standard InChI is InChI=1S/C14H17NO5/c1-14(13(16)19-4)8-10(15-20-14)9-5-6-11(17-2)12(7-9)18-3/h5-7H,8H2,1-4H3. The van der Waals surface area contributed by atoms with Gasteiger partial charge in [0, 0.05) is 12.0 Å². The van der Waals surface area contributed by atoms with Gasteiger partial charge in [-0.1, -0.05) is 5.16 Å². The Labute approximate surface area is 117 Å². The Morgan fingerprint density at radius 3 is 2.55 bits per heavy atom. The van der Waals surface area contributed by atoms with Crippen LogP contribution in [0.2, 0.25) is 0 Å². The molecule has 0 fully saturated rings. The Hall–Kier alpha value is -2.24. The first-order chi connectivity index (χ1) is 9.54. The predicted molar refractivity (Wildman–Crippen MR) is 72.2 cm³/mol. The molecule has 0 radical (unpaired) electrons. The fourth-order valence-corrected chi connectivity index (χ4v) is 2.04. The van der Waals surface area contributed by atoms with Crippen molar-refractivity contribution in [2.24, 2.45) is 5.16 Å². The van der Waals surface area contributed by atoms with Crippen LogP contribution in [0.5, 0.6) is 11.5 Å². The van der Waals surface area contributed by atoms with Crippen molar-refractivity contribution < 1.29 is 23.8 Å². The van der Waals surface area contributed by atoms with Gasteiger partial charge in [0.2, 0.25) is 5.60 Å². The van der Waals surface area contributed by atoms with E-state index >= 15 is 0 Å². The van der Waals surface area contributed by atoms with Gasteiger partial charge in [0.25, 0.3) is 0 Å². The first kappa shape index (κ1) is 14.2. The van der Waals surface area contributed by atoms with E-state index in [2.05, 4.69) is 5.16 Å². The summed E-state index contributed by atoms with van der Waals surface area (Å²) in [5.74, 6) is 0.780. The molecule has 20 heavy (non-hydrogen) atoms. The summed E-state index contributed by atoms with van der Waals surface area (Å²) in [6.45, 7) is 1.65. The van der Waals surface area contributed by atoms with Gasteiger partial charge in [0.15, 0.2) is 11.5 Å². The monoisotopic (exact) mass is 279 g/mol. The molecule has 1 atom stereocenters. The van der Waals surface area contributed by atoms with Crippen molar-refractivity contribution in [2.45, 2.75) is 18.9 Å². The molecule has 1 aromatic rings. The summed E-state index contributed by atoms with van der Waals surface area (Å²) in [7, 11) is 4.46. The number of carbonyl (C=O) groups is 1. The first-order valence-corrected chi connectivity index (χ1v) is 6.10. The molecule has 1 aromatic carbocycles. The Bertz CT molecular complexity index is 554. The highest BCUT2D eigenvalue weighted by Crippen LogP contribution is 2.32. The average Bonchev–Trinajstić information content (AvgIpc) is 2.89. The van der Waals surface area contributed by atoms with Crippen LogP contribution >= 0.6 is 0 Å². The summed E-state index contributed by atoms with van der Waals surface area (Å²) in [5, 5.41) is 3.98. The van der Waals surface area contributed by atoms with Gasteiger partial charge in [-0.3, -0.25) is 0 Å². The molecule has 0 N–H and O–H groups in total. The number of esters is 1. The van der Waals surface area contributed by atoms with Crippen LogP contribution in [0.4, 0.5) is 0 Å². The molecule has 0 spiro atoms. The number of benzene rings is 1. The van der Waals surface area contributed by atoms with Gasteiger partial charge in [-0.05, 0) is 25.1 Å². The number of ether oxygens (including phenoxy) is 3. The number of hydrogen-bond acceptors (Lipinski definition) is 6. The van der Waals surface area contributed by atoms with Gasteiger partial charge in [0.1, 0.15) is 0 Å². The van der Waals surface area contributed by atoms with Crippen molar-refractivity contribution in [3.05, 3.63) is 23.8 Å². The second-order valence-corrected chi connectivity index (χ2v) is 4.60. The lowest BCUT2D eigenvalue weighted by Crippen LogP contribution is -2.36. The van der Waals surface area contributed by atoms with Gasteiger partial charge in [0.05, 0.1) is 27.0 Å². The quantitative estimate of drug-likeness (QED) is 0.786. The Balaban J connectivity index is 2.24. The first-order valence-electron chi connectivity index (χ1n) is 6.10. The summed E-state index contributed by atoms with van der Waals surface area (Å²) in [6.07, 6.45) is 0.342. The molecular weight excluding hydrogens is 262 g/mol. The van der Waals surface area contributed by atoms with Crippen LogP contribution in [0.15, 0.2) is 23.4 Å². The molecule has 1 aliphatic rings. The Morgan fingerprint density at radius 2 is 1.95 bits per heavy atom. The van der Waals surface area contributed by atoms with Crippen LogP contribution in [0.3, 0.4) is 0 Å². The summed E-state index contributed by atoms with van der Waals surface area (Å²) in [4.78, 5) is 16.9. The molecule has 6 heteroatoms. The van der Waals surface area contributed by atoms with Crippen molar-refractivity contribution in [1.29, 1.82) is 0 Å². The van der Waals surface area contributed by atoms with E-state index in [9.17, 15) is 4.79 Å². The largest absolute Gasteiger partial charge is 0.493 e. The van der Waals surface area contributed by atoms with E-state index in [1.165, 1.54) is 7.11 Å². The van der Waals surface area contributed by atoms with Crippen LogP contribution in [-0.2, 0) is 14.4 Å². The van der Waals surface area contributed by atoms with E-state index in [4.69, 9.17) is 19.0 Å². The van der Waals surface area contributed by atoms with Crippen LogP contribution in [0, 0.1) is 0 Å². The molecule has 2 rings (SSSR count). The zero-order valence-electron chi connectivity index (χ0n) is 11.9. The van der Waals surface area contributed by atoms with Crippen LogP contribution < -0.4 is 9.47 Å². The Morgan fingerprint density at radius 1 is 1.25 bits per heavy atom. The van der Waals surface area contributed by atoms with E-state index in [1.54, 1.807) is 33.3 Å². The molecule has 108 valence electrons. The smallest absolute Gasteiger partial charge is 0.353 e. The third-order valence-electron chi connectivity index (χ3n) is 3.20. The number of hydrogen-bond donors (Lipinski definition) is 0. The zero-order chi connectivity index (χ0) is 14.8. The topological polar surface area (TPSA) is 66.4 Å². The van der Waals surface area contributed by atoms with Gasteiger partial charge in [-0.15, -0.1) is 0 Å². The number of rotatable bonds is 4. The summed E-state index contributed by atoms with van der Waals surface area (Å²) in [5.41, 5.74) is 0.409. The molecule has 1 aliphatic heterocycles. The maximum atomic E-state index is 11.7. The predicted octanol–water partition coefficient (Wildman–Crippen LogP) is 1.76. The Kier molecular flexibility index (Phi) is 3.83. The molecule has 0 saturated heterocycles. The maximum Gasteiger partial charge on any atom is 0.353 e. The molecule has 0 saturated carbocycles. The van der Waals surface area contributed by atoms with Crippen LogP contribution in [0.1, 0.15) is 18.9 Å². The van der Waals surface area contributed by atoms with E-state index in [-0.39, 0.29) is 0 Å². The van der Waals surface area contributed by atoms with Crippen LogP contribution in [-0.4, -0.2) is 38.6 Å². The highest BCUT2D eigenvalue weighted by Gasteiger charge is 2.43. The second kappa shape index (κ2) is 5.40. The minimum Gasteiger partial charge on any atom is -0.493 e. The lowest BCUT2D eigenvalue weighted by Gasteiger charge is -2.17. The van der Waals surface area contributed by atoms with Gasteiger partial charge >= 0.3 is 5.97 Å². The lowest BCUT2D eigenvalue weighted by atomic mass is 9.96. The number of nitrogens with zero attached hydrogens (tertiary/aromatic N) is 1. The van der Waals surface area contributed by atoms with Crippen molar-refractivity contribution >= 4 is 11.7 Å². The normalized spacial score (nSPS) is 20.9. The average molecular weight is 279 g/mol. The van der Waals surface area contributed by atoms with Gasteiger partial charge in [-0.25, -0.2) is 4.79 Å². The summed E-state index contributed by atoms with van der Waals surface area (Å²) < 4.78 is 15.1. The third kappa shape index (κ3) is 2.41.